The second-order valence-electron chi connectivity index (χ2n) is 5.87. The number of aliphatic hydroxyl groups is 1. The minimum Gasteiger partial charge on any atom is -0.392 e. The zero-order valence-electron chi connectivity index (χ0n) is 11.9. The summed E-state index contributed by atoms with van der Waals surface area (Å²) >= 11 is 0. The lowest BCUT2D eigenvalue weighted by atomic mass is 9.99. The van der Waals surface area contributed by atoms with Crippen molar-refractivity contribution in [3.63, 3.8) is 0 Å². The highest BCUT2D eigenvalue weighted by Crippen LogP contribution is 2.28. The number of β-amino-alcohol motifs (C(OH)–C–C–N with tert-alkyl or cyclic N) is 1. The summed E-state index contributed by atoms with van der Waals surface area (Å²) < 4.78 is 0. The van der Waals surface area contributed by atoms with E-state index in [1.165, 1.54) is 25.7 Å². The van der Waals surface area contributed by atoms with Gasteiger partial charge in [-0.15, -0.1) is 0 Å². The van der Waals surface area contributed by atoms with E-state index in [4.69, 9.17) is 0 Å². The van der Waals surface area contributed by atoms with E-state index in [2.05, 4.69) is 15.5 Å². The van der Waals surface area contributed by atoms with Crippen LogP contribution in [0, 0.1) is 5.92 Å². The Bertz CT molecular complexity index is 292. The molecule has 0 aromatic heterocycles. The van der Waals surface area contributed by atoms with Crippen LogP contribution in [0.1, 0.15) is 32.1 Å². The molecule has 2 aliphatic rings. The van der Waals surface area contributed by atoms with Gasteiger partial charge in [0.05, 0.1) is 6.10 Å². The van der Waals surface area contributed by atoms with Gasteiger partial charge < -0.3 is 15.7 Å². The van der Waals surface area contributed by atoms with Gasteiger partial charge in [-0.25, -0.2) is 0 Å². The Morgan fingerprint density at radius 3 is 2.89 bits per heavy atom. The van der Waals surface area contributed by atoms with Gasteiger partial charge in [0.1, 0.15) is 6.04 Å². The molecule has 110 valence electrons. The van der Waals surface area contributed by atoms with Gasteiger partial charge in [0.15, 0.2) is 0 Å². The number of hydrogen-bond acceptors (Lipinski definition) is 4. The topological polar surface area (TPSA) is 64.6 Å². The molecule has 2 rings (SSSR count). The molecule has 2 atom stereocenters. The molecule has 1 aliphatic heterocycles. The van der Waals surface area contributed by atoms with Crippen LogP contribution in [0.25, 0.3) is 0 Å². The van der Waals surface area contributed by atoms with Gasteiger partial charge >= 0.3 is 0 Å². The van der Waals surface area contributed by atoms with Gasteiger partial charge in [-0.3, -0.25) is 9.69 Å². The fraction of sp³-hybridized carbons (Fsp3) is 0.929. The summed E-state index contributed by atoms with van der Waals surface area (Å²) in [7, 11) is 1.67. The highest BCUT2D eigenvalue weighted by Gasteiger charge is 2.30. The van der Waals surface area contributed by atoms with Crippen molar-refractivity contribution in [2.45, 2.75) is 44.2 Å². The van der Waals surface area contributed by atoms with Crippen molar-refractivity contribution in [1.82, 2.24) is 15.5 Å². The molecule has 5 heteroatoms. The molecule has 1 aliphatic carbocycles. The first kappa shape index (κ1) is 14.8. The number of nitrogens with zero attached hydrogens (tertiary/aromatic N) is 1. The van der Waals surface area contributed by atoms with Crippen LogP contribution in [0.3, 0.4) is 0 Å². The van der Waals surface area contributed by atoms with Crippen LogP contribution in [0.15, 0.2) is 0 Å². The standard InChI is InChI=1S/C14H27N3O2/c1-15-14(19)13-9-16-6-7-17(13)10-12(18)8-11-4-2-3-5-11/h11-13,16,18H,2-10H2,1H3,(H,15,19). The van der Waals surface area contributed by atoms with Crippen molar-refractivity contribution < 1.29 is 9.90 Å². The van der Waals surface area contributed by atoms with Gasteiger partial charge in [0.25, 0.3) is 0 Å². The van der Waals surface area contributed by atoms with E-state index < -0.39 is 0 Å². The van der Waals surface area contributed by atoms with E-state index in [9.17, 15) is 9.90 Å². The van der Waals surface area contributed by atoms with E-state index in [1.54, 1.807) is 7.05 Å². The molecule has 2 fully saturated rings. The number of piperazine rings is 1. The van der Waals surface area contributed by atoms with E-state index in [-0.39, 0.29) is 18.1 Å². The van der Waals surface area contributed by atoms with Crippen molar-refractivity contribution in [3.8, 4) is 0 Å². The lowest BCUT2D eigenvalue weighted by molar-refractivity contribution is -0.127. The van der Waals surface area contributed by atoms with Crippen LogP contribution in [-0.2, 0) is 4.79 Å². The Labute approximate surface area is 115 Å². The second kappa shape index (κ2) is 7.22. The van der Waals surface area contributed by atoms with Gasteiger partial charge in [-0.05, 0) is 12.3 Å². The van der Waals surface area contributed by atoms with Crippen LogP contribution < -0.4 is 10.6 Å². The number of hydrogen-bond donors (Lipinski definition) is 3. The number of nitrogens with one attached hydrogen (secondary N) is 2. The summed E-state index contributed by atoms with van der Waals surface area (Å²) in [6, 6.07) is -0.142. The van der Waals surface area contributed by atoms with E-state index >= 15 is 0 Å². The number of carbonyl (C=O) groups excluding carboxylic acids is 1. The van der Waals surface area contributed by atoms with Crippen molar-refractivity contribution in [2.75, 3.05) is 33.2 Å². The third kappa shape index (κ3) is 4.16. The third-order valence-corrected chi connectivity index (χ3v) is 4.43. The fourth-order valence-corrected chi connectivity index (χ4v) is 3.37. The van der Waals surface area contributed by atoms with Crippen LogP contribution in [-0.4, -0.2) is 61.3 Å². The molecule has 1 heterocycles. The molecule has 3 N–H and O–H groups in total. The second-order valence-corrected chi connectivity index (χ2v) is 5.87. The normalized spacial score (nSPS) is 27.4. The molecule has 1 saturated carbocycles. The SMILES string of the molecule is CNC(=O)C1CNCCN1CC(O)CC1CCCC1. The lowest BCUT2D eigenvalue weighted by Crippen LogP contribution is -2.58. The maximum atomic E-state index is 11.8. The summed E-state index contributed by atoms with van der Waals surface area (Å²) in [5.74, 6) is 0.733. The quantitative estimate of drug-likeness (QED) is 0.655. The first-order valence-electron chi connectivity index (χ1n) is 7.55. The van der Waals surface area contributed by atoms with Gasteiger partial charge in [-0.1, -0.05) is 25.7 Å². The van der Waals surface area contributed by atoms with E-state index in [0.29, 0.717) is 19.0 Å². The van der Waals surface area contributed by atoms with Crippen molar-refractivity contribution in [3.05, 3.63) is 0 Å². The minimum absolute atomic E-state index is 0.0419. The highest BCUT2D eigenvalue weighted by molar-refractivity contribution is 5.81. The summed E-state index contributed by atoms with van der Waals surface area (Å²) in [6.07, 6.45) is 5.74. The Hall–Kier alpha value is -0.650. The fourth-order valence-electron chi connectivity index (χ4n) is 3.37. The zero-order chi connectivity index (χ0) is 13.7. The number of rotatable bonds is 5. The number of aliphatic hydroxyl groups excluding tert-OH is 1. The van der Waals surface area contributed by atoms with E-state index in [0.717, 1.165) is 19.5 Å². The third-order valence-electron chi connectivity index (χ3n) is 4.43. The predicted octanol–water partition coefficient (Wildman–Crippen LogP) is -0.0526. The van der Waals surface area contributed by atoms with Gasteiger partial charge in [-0.2, -0.15) is 0 Å². The number of likely N-dealkylation sites (N-methyl/N-ethyl adjacent to an activating group) is 1. The molecule has 5 nitrogen and oxygen atoms in total. The van der Waals surface area contributed by atoms with Gasteiger partial charge in [0.2, 0.25) is 5.91 Å². The van der Waals surface area contributed by atoms with Crippen molar-refractivity contribution in [1.29, 1.82) is 0 Å². The average Bonchev–Trinajstić information content (AvgIpc) is 2.91. The molecule has 0 aromatic rings. The smallest absolute Gasteiger partial charge is 0.238 e. The summed E-state index contributed by atoms with van der Waals surface area (Å²) in [5, 5.41) is 16.2. The minimum atomic E-state index is -0.298. The molecule has 0 aromatic carbocycles. The summed E-state index contributed by atoms with van der Waals surface area (Å²) in [4.78, 5) is 13.9. The molecule has 19 heavy (non-hydrogen) atoms. The van der Waals surface area contributed by atoms with E-state index in [1.807, 2.05) is 0 Å². The Kier molecular flexibility index (Phi) is 5.60. The zero-order valence-corrected chi connectivity index (χ0v) is 11.9. The van der Waals surface area contributed by atoms with Crippen LogP contribution >= 0.6 is 0 Å². The number of amides is 1. The predicted molar refractivity (Wildman–Crippen MR) is 74.9 cm³/mol. The maximum absolute atomic E-state index is 11.8. The van der Waals surface area contributed by atoms with Crippen molar-refractivity contribution >= 4 is 5.91 Å². The van der Waals surface area contributed by atoms with Crippen LogP contribution in [0.2, 0.25) is 0 Å². The first-order valence-corrected chi connectivity index (χ1v) is 7.55. The van der Waals surface area contributed by atoms with Crippen molar-refractivity contribution in [2.24, 2.45) is 5.92 Å². The molecule has 0 radical (unpaired) electrons. The largest absolute Gasteiger partial charge is 0.392 e. The highest BCUT2D eigenvalue weighted by atomic mass is 16.3. The maximum Gasteiger partial charge on any atom is 0.238 e. The lowest BCUT2D eigenvalue weighted by Gasteiger charge is -2.36. The molecule has 2 unspecified atom stereocenters. The van der Waals surface area contributed by atoms with Crippen LogP contribution in [0.5, 0.6) is 0 Å². The average molecular weight is 269 g/mol. The molecule has 1 amide bonds. The summed E-state index contributed by atoms with van der Waals surface area (Å²) in [6.45, 7) is 3.02. The molecular weight excluding hydrogens is 242 g/mol. The number of carbonyl (C=O) groups is 1. The Morgan fingerprint density at radius 2 is 2.21 bits per heavy atom. The molecule has 0 spiro atoms. The molecule has 0 bridgehead atoms. The molecule has 1 saturated heterocycles. The summed E-state index contributed by atoms with van der Waals surface area (Å²) in [5.41, 5.74) is 0. The monoisotopic (exact) mass is 269 g/mol. The first-order chi connectivity index (χ1) is 9.20. The Morgan fingerprint density at radius 1 is 1.47 bits per heavy atom. The molecular formula is C14H27N3O2. The van der Waals surface area contributed by atoms with Gasteiger partial charge in [0, 0.05) is 33.2 Å². The van der Waals surface area contributed by atoms with Crippen LogP contribution in [0.4, 0.5) is 0 Å². The Balaban J connectivity index is 1.82.